The van der Waals surface area contributed by atoms with Gasteiger partial charge in [-0.15, -0.1) is 0 Å². The molecule has 0 spiro atoms. The van der Waals surface area contributed by atoms with Crippen molar-refractivity contribution in [2.45, 2.75) is 0 Å². The van der Waals surface area contributed by atoms with Crippen LogP contribution in [0.1, 0.15) is 18.5 Å². The first-order valence-electron chi connectivity index (χ1n) is 8.49. The Kier molecular flexibility index (Phi) is 145. The van der Waals surface area contributed by atoms with Gasteiger partial charge in [-0.2, -0.15) is 0 Å². The Morgan fingerprint density at radius 1 is 0.143 bits per heavy atom. The second-order valence-electron chi connectivity index (χ2n) is 3.46. The summed E-state index contributed by atoms with van der Waals surface area (Å²) in [4.78, 5) is 0. The van der Waals surface area contributed by atoms with Gasteiger partial charge in [0.1, 0.15) is 0 Å². The van der Waals surface area contributed by atoms with Crippen molar-refractivity contribution >= 4 is 87.9 Å². The molecule has 0 aromatic carbocycles. The van der Waals surface area contributed by atoms with Crippen molar-refractivity contribution in [1.29, 1.82) is 0 Å². The van der Waals surface area contributed by atoms with Crippen LogP contribution in [0.3, 0.4) is 0 Å². The molecule has 49 heteroatoms. The Hall–Kier alpha value is -0.0634. The topological polar surface area (TPSA) is 830 Å². The van der Waals surface area contributed by atoms with Crippen LogP contribution in [0.15, 0.2) is 0 Å². The number of hydrogen-bond acceptors (Lipinski definition) is 36. The fourth-order valence-electron chi connectivity index (χ4n) is 0. The number of hydrogen-bond donors (Lipinski definition) is 0. The Bertz CT molecular complexity index is 278. The molecule has 0 N–H and O–H groups in total. The molecule has 0 saturated carbocycles. The predicted molar refractivity (Wildman–Crippen MR) is 83.5 cm³/mol. The van der Waals surface area contributed by atoms with Crippen LogP contribution >= 0.6 is 0 Å². The van der Waals surface area contributed by atoms with Gasteiger partial charge in [0.2, 0.25) is 0 Å². The van der Waals surface area contributed by atoms with Crippen molar-refractivity contribution in [3.05, 3.63) is 0 Å². The maximum Gasteiger partial charge on any atom is 1.00 e. The molecule has 0 aromatic heterocycles. The van der Waals surface area contributed by atoms with Crippen molar-refractivity contribution in [2.24, 2.45) is 0 Å². The normalized spacial score (nSPS) is 6.61. The van der Waals surface area contributed by atoms with Gasteiger partial charge < -0.3 is 182 Å². The van der Waals surface area contributed by atoms with Crippen LogP contribution in [-0.4, -0.2) is 87.9 Å². The standard InChI is InChI=1S/12BO3.Li.H/c12*2-1(3)4;;/q12*-3;+1;-1/p+12. The third-order valence-electron chi connectivity index (χ3n) is 0. The van der Waals surface area contributed by atoms with Crippen molar-refractivity contribution in [2.75, 3.05) is 0 Å². The Morgan fingerprint density at radius 2 is 0.143 bits per heavy atom. The minimum absolute atomic E-state index is 0. The third-order valence-corrected chi connectivity index (χ3v) is 0. The summed E-state index contributed by atoms with van der Waals surface area (Å²) in [5, 5.41) is 303. The van der Waals surface area contributed by atoms with E-state index in [2.05, 4.69) is 0 Å². The molecule has 0 bridgehead atoms. The fraction of sp³-hybridized carbons (Fsp3) is 0. The van der Waals surface area contributed by atoms with Gasteiger partial charge in [0, 0.05) is 0 Å². The van der Waals surface area contributed by atoms with Crippen molar-refractivity contribution in [3.63, 3.8) is 0 Å². The molecule has 0 aliphatic heterocycles. The van der Waals surface area contributed by atoms with Gasteiger partial charge in [0.05, 0.1) is 0 Å². The van der Waals surface area contributed by atoms with Crippen LogP contribution in [0.25, 0.3) is 0 Å². The largest absolute Gasteiger partial charge is 1.00 e. The monoisotopic (exact) mass is 728 g/mol. The molecular formula is H13B12LiO36-24. The first-order chi connectivity index (χ1) is 20.8. The molecule has 36 nitrogen and oxygen atoms in total. The molecule has 0 saturated heterocycles. The first kappa shape index (κ1) is 87.1. The molecule has 0 radical (unpaired) electrons. The van der Waals surface area contributed by atoms with Gasteiger partial charge in [0.15, 0.2) is 0 Å². The van der Waals surface area contributed by atoms with E-state index < -0.39 is 87.9 Å². The SMILES string of the molecule is [H+].[H+].[H+].[H+].[H+].[H+].[H+].[H+].[H+].[H+].[H+].[H+].[H-].[Li+].[O-]B([O-])[O-].[O-]B([O-])[O-].[O-]B([O-])[O-].[O-]B([O-])[O-].[O-]B([O-])[O-].[O-]B([O-])[O-].[O-]B([O-])[O-].[O-]B([O-])[O-].[O-]B([O-])[O-].[O-]B([O-])[O-].[O-]B([O-])[O-].[O-]B([O-])[O-]. The van der Waals surface area contributed by atoms with Gasteiger partial charge in [-0.3, -0.25) is 87.9 Å². The zero-order valence-electron chi connectivity index (χ0n) is 35.6. The van der Waals surface area contributed by atoms with Crippen molar-refractivity contribution < 1.29 is 218 Å². The van der Waals surface area contributed by atoms with E-state index in [0.29, 0.717) is 0 Å². The van der Waals surface area contributed by atoms with E-state index in [1.807, 2.05) is 0 Å². The van der Waals surface area contributed by atoms with E-state index >= 15 is 0 Å². The molecular weight excluding hydrogens is 713 g/mol. The molecule has 0 amide bonds. The maximum absolute atomic E-state index is 8.42. The van der Waals surface area contributed by atoms with E-state index in [9.17, 15) is 0 Å². The smallest absolute Gasteiger partial charge is 1.00 e. The summed E-state index contributed by atoms with van der Waals surface area (Å²) >= 11 is 0. The summed E-state index contributed by atoms with van der Waals surface area (Å²) in [6.07, 6.45) is 0. The molecule has 0 heterocycles. The Balaban J connectivity index is -0.00000000931. The summed E-state index contributed by atoms with van der Waals surface area (Å²) in [6.45, 7) is 0. The maximum atomic E-state index is 8.42. The second kappa shape index (κ2) is 81.8. The average molecular weight is 726 g/mol. The Labute approximate surface area is 307 Å². The zero-order chi connectivity index (χ0) is 42.9. The third kappa shape index (κ3) is 25200000. The summed E-state index contributed by atoms with van der Waals surface area (Å²) in [6, 6.07) is 0. The minimum Gasteiger partial charge on any atom is -1.00 e. The molecule has 290 valence electrons. The molecule has 0 aliphatic rings. The zero-order valence-corrected chi connectivity index (χ0v) is 22.6. The summed E-state index contributed by atoms with van der Waals surface area (Å²) in [7, 11) is -35.0. The molecule has 0 rings (SSSR count). The van der Waals surface area contributed by atoms with Gasteiger partial charge in [-0.25, -0.2) is 0 Å². The van der Waals surface area contributed by atoms with E-state index in [1.165, 1.54) is 0 Å². The second-order valence-corrected chi connectivity index (χ2v) is 3.46. The van der Waals surface area contributed by atoms with Gasteiger partial charge in [-0.1, -0.05) is 0 Å². The Morgan fingerprint density at radius 3 is 0.143 bits per heavy atom. The first-order valence-corrected chi connectivity index (χ1v) is 8.49. The molecule has 0 atom stereocenters. The minimum atomic E-state index is -2.92. The van der Waals surface area contributed by atoms with Crippen LogP contribution in [-0.2, 0) is 0 Å². The summed E-state index contributed by atoms with van der Waals surface area (Å²) in [5.74, 6) is 0. The predicted octanol–water partition coefficient (Wildman–Crippen LogP) is -48.9. The van der Waals surface area contributed by atoms with Gasteiger partial charge in [0.25, 0.3) is 0 Å². The van der Waals surface area contributed by atoms with Crippen LogP contribution in [0.2, 0.25) is 0 Å². The average Bonchev–Trinajstić information content (AvgIpc) is 2.61. The van der Waals surface area contributed by atoms with E-state index in [4.69, 9.17) is 181 Å². The van der Waals surface area contributed by atoms with Crippen LogP contribution in [0.5, 0.6) is 0 Å². The van der Waals surface area contributed by atoms with Crippen LogP contribution in [0, 0.1) is 0 Å². The molecule has 0 aliphatic carbocycles. The van der Waals surface area contributed by atoms with E-state index in [1.54, 1.807) is 0 Å². The molecule has 0 aromatic rings. The molecule has 0 unspecified atom stereocenters. The van der Waals surface area contributed by atoms with Crippen molar-refractivity contribution in [3.8, 4) is 0 Å². The van der Waals surface area contributed by atoms with Gasteiger partial charge >= 0.3 is 36.0 Å². The van der Waals surface area contributed by atoms with Gasteiger partial charge in [-0.05, 0) is 0 Å². The fourth-order valence-corrected chi connectivity index (χ4v) is 0. The van der Waals surface area contributed by atoms with E-state index in [0.717, 1.165) is 0 Å². The summed E-state index contributed by atoms with van der Waals surface area (Å²) < 4.78 is 0. The summed E-state index contributed by atoms with van der Waals surface area (Å²) in [5.41, 5.74) is 0. The number of rotatable bonds is 0. The van der Waals surface area contributed by atoms with E-state index in [-0.39, 0.29) is 37.4 Å². The molecule has 49 heavy (non-hydrogen) atoms. The van der Waals surface area contributed by atoms with Crippen LogP contribution in [0.4, 0.5) is 0 Å². The van der Waals surface area contributed by atoms with Crippen molar-refractivity contribution in [1.82, 2.24) is 0 Å². The quantitative estimate of drug-likeness (QED) is 0.209. The van der Waals surface area contributed by atoms with Crippen LogP contribution < -0.4 is 200 Å². The molecule has 0 fully saturated rings.